The lowest BCUT2D eigenvalue weighted by Crippen LogP contribution is -2.43. The van der Waals surface area contributed by atoms with E-state index in [1.165, 1.54) is 0 Å². The van der Waals surface area contributed by atoms with E-state index in [1.54, 1.807) is 0 Å². The lowest BCUT2D eigenvalue weighted by molar-refractivity contribution is -0.143. The Morgan fingerprint density at radius 1 is 0.800 bits per heavy atom. The fourth-order valence-corrected chi connectivity index (χ4v) is 3.84. The molecule has 126 valence electrons. The Bertz CT molecular complexity index is 771. The summed E-state index contributed by atoms with van der Waals surface area (Å²) in [5.74, 6) is -0.989. The van der Waals surface area contributed by atoms with Gasteiger partial charge in [-0.2, -0.15) is 0 Å². The Balaban J connectivity index is 2.33. The summed E-state index contributed by atoms with van der Waals surface area (Å²) in [6, 6.07) is 29.1. The van der Waals surface area contributed by atoms with Crippen molar-refractivity contribution in [2.75, 3.05) is 0 Å². The largest absolute Gasteiger partial charge is 0.480 e. The van der Waals surface area contributed by atoms with Crippen molar-refractivity contribution in [3.05, 3.63) is 108 Å². The SMILES string of the molecule is CC[C@H](c1ccccc1)C(C(=O)O)(c1ccccc1)c1ccccc1. The zero-order valence-corrected chi connectivity index (χ0v) is 14.3. The molecule has 0 saturated carbocycles. The Morgan fingerprint density at radius 3 is 1.56 bits per heavy atom. The molecule has 0 aliphatic heterocycles. The molecule has 2 heteroatoms. The smallest absolute Gasteiger partial charge is 0.319 e. The molecule has 3 aromatic carbocycles. The summed E-state index contributed by atoms with van der Waals surface area (Å²) in [7, 11) is 0. The zero-order valence-electron chi connectivity index (χ0n) is 14.3. The number of carbonyl (C=O) groups is 1. The molecule has 0 saturated heterocycles. The summed E-state index contributed by atoms with van der Waals surface area (Å²) in [6.07, 6.45) is 0.722. The molecule has 0 unspecified atom stereocenters. The summed E-state index contributed by atoms with van der Waals surface area (Å²) in [4.78, 5) is 12.8. The van der Waals surface area contributed by atoms with E-state index in [0.29, 0.717) is 0 Å². The van der Waals surface area contributed by atoms with E-state index >= 15 is 0 Å². The van der Waals surface area contributed by atoms with Gasteiger partial charge in [-0.1, -0.05) is 97.9 Å². The number of carboxylic acids is 1. The van der Waals surface area contributed by atoms with Crippen LogP contribution in [0.4, 0.5) is 0 Å². The van der Waals surface area contributed by atoms with Gasteiger partial charge in [0.25, 0.3) is 0 Å². The molecule has 0 amide bonds. The van der Waals surface area contributed by atoms with Gasteiger partial charge >= 0.3 is 5.97 Å². The summed E-state index contributed by atoms with van der Waals surface area (Å²) in [5, 5.41) is 10.5. The molecule has 3 rings (SSSR count). The van der Waals surface area contributed by atoms with Gasteiger partial charge in [0.2, 0.25) is 0 Å². The number of rotatable bonds is 6. The first kappa shape index (κ1) is 17.0. The summed E-state index contributed by atoms with van der Waals surface area (Å²) in [6.45, 7) is 2.06. The fraction of sp³-hybridized carbons (Fsp3) is 0.174. The van der Waals surface area contributed by atoms with Crippen LogP contribution in [0.5, 0.6) is 0 Å². The van der Waals surface area contributed by atoms with Gasteiger partial charge in [0, 0.05) is 5.92 Å². The van der Waals surface area contributed by atoms with Gasteiger partial charge in [0.05, 0.1) is 0 Å². The highest BCUT2D eigenvalue weighted by Gasteiger charge is 2.48. The molecule has 0 fully saturated rings. The standard InChI is InChI=1S/C23H22O2/c1-2-21(18-12-6-3-7-13-18)23(22(24)25,19-14-8-4-9-15-19)20-16-10-5-11-17-20/h3-17,21H,2H2,1H3,(H,24,25)/t21-/m1/s1. The van der Waals surface area contributed by atoms with Crippen LogP contribution in [0, 0.1) is 0 Å². The predicted octanol–water partition coefficient (Wildman–Crippen LogP) is 5.25. The summed E-state index contributed by atoms with van der Waals surface area (Å²) in [5.41, 5.74) is 1.53. The number of hydrogen-bond acceptors (Lipinski definition) is 1. The average molecular weight is 330 g/mol. The third-order valence-electron chi connectivity index (χ3n) is 4.93. The van der Waals surface area contributed by atoms with Crippen LogP contribution < -0.4 is 0 Å². The van der Waals surface area contributed by atoms with Crippen molar-refractivity contribution >= 4 is 5.97 Å². The van der Waals surface area contributed by atoms with E-state index in [0.717, 1.165) is 23.1 Å². The molecule has 0 spiro atoms. The molecule has 0 aliphatic rings. The van der Waals surface area contributed by atoms with Crippen LogP contribution in [0.1, 0.15) is 36.0 Å². The molecular formula is C23H22O2. The normalized spacial score (nSPS) is 12.5. The molecule has 1 N–H and O–H groups in total. The molecule has 3 aromatic rings. The van der Waals surface area contributed by atoms with Gasteiger partial charge in [-0.25, -0.2) is 0 Å². The maximum atomic E-state index is 12.8. The van der Waals surface area contributed by atoms with Crippen LogP contribution in [-0.4, -0.2) is 11.1 Å². The van der Waals surface area contributed by atoms with Crippen molar-refractivity contribution in [1.82, 2.24) is 0 Å². The van der Waals surface area contributed by atoms with Gasteiger partial charge < -0.3 is 5.11 Å². The topological polar surface area (TPSA) is 37.3 Å². The maximum absolute atomic E-state index is 12.8. The second kappa shape index (κ2) is 7.35. The van der Waals surface area contributed by atoms with E-state index in [2.05, 4.69) is 6.92 Å². The van der Waals surface area contributed by atoms with Crippen LogP contribution in [0.15, 0.2) is 91.0 Å². The van der Waals surface area contributed by atoms with E-state index in [9.17, 15) is 9.90 Å². The quantitative estimate of drug-likeness (QED) is 0.670. The van der Waals surface area contributed by atoms with Crippen molar-refractivity contribution in [1.29, 1.82) is 0 Å². The first-order valence-electron chi connectivity index (χ1n) is 8.60. The van der Waals surface area contributed by atoms with Gasteiger partial charge in [0.1, 0.15) is 5.41 Å². The second-order valence-electron chi connectivity index (χ2n) is 6.22. The first-order chi connectivity index (χ1) is 12.2. The minimum atomic E-state index is -1.13. The number of benzene rings is 3. The van der Waals surface area contributed by atoms with Crippen LogP contribution >= 0.6 is 0 Å². The molecule has 1 atom stereocenters. The summed E-state index contributed by atoms with van der Waals surface area (Å²) >= 11 is 0. The number of carboxylic acid groups (broad SMARTS) is 1. The minimum Gasteiger partial charge on any atom is -0.480 e. The van der Waals surface area contributed by atoms with Crippen LogP contribution in [0.3, 0.4) is 0 Å². The highest BCUT2D eigenvalue weighted by atomic mass is 16.4. The van der Waals surface area contributed by atoms with Crippen LogP contribution in [0.25, 0.3) is 0 Å². The predicted molar refractivity (Wildman–Crippen MR) is 101 cm³/mol. The third-order valence-corrected chi connectivity index (χ3v) is 4.93. The molecule has 0 radical (unpaired) electrons. The maximum Gasteiger partial charge on any atom is 0.319 e. The van der Waals surface area contributed by atoms with Crippen molar-refractivity contribution < 1.29 is 9.90 Å². The molecular weight excluding hydrogens is 308 g/mol. The lowest BCUT2D eigenvalue weighted by Gasteiger charge is -2.38. The van der Waals surface area contributed by atoms with Gasteiger partial charge in [-0.3, -0.25) is 4.79 Å². The number of aliphatic carboxylic acids is 1. The van der Waals surface area contributed by atoms with Crippen LogP contribution in [0.2, 0.25) is 0 Å². The van der Waals surface area contributed by atoms with Crippen LogP contribution in [-0.2, 0) is 10.2 Å². The van der Waals surface area contributed by atoms with Crippen molar-refractivity contribution in [3.63, 3.8) is 0 Å². The van der Waals surface area contributed by atoms with E-state index in [4.69, 9.17) is 0 Å². The fourth-order valence-electron chi connectivity index (χ4n) is 3.84. The third kappa shape index (κ3) is 2.96. The second-order valence-corrected chi connectivity index (χ2v) is 6.22. The molecule has 2 nitrogen and oxygen atoms in total. The highest BCUT2D eigenvalue weighted by Crippen LogP contribution is 2.46. The first-order valence-corrected chi connectivity index (χ1v) is 8.60. The monoisotopic (exact) mass is 330 g/mol. The van der Waals surface area contributed by atoms with Gasteiger partial charge in [-0.05, 0) is 23.1 Å². The van der Waals surface area contributed by atoms with Crippen molar-refractivity contribution in [2.24, 2.45) is 0 Å². The van der Waals surface area contributed by atoms with Gasteiger partial charge in [-0.15, -0.1) is 0 Å². The van der Waals surface area contributed by atoms with Crippen molar-refractivity contribution in [3.8, 4) is 0 Å². The molecule has 0 heterocycles. The van der Waals surface area contributed by atoms with Crippen molar-refractivity contribution in [2.45, 2.75) is 24.7 Å². The minimum absolute atomic E-state index is 0.170. The van der Waals surface area contributed by atoms with Gasteiger partial charge in [0.15, 0.2) is 0 Å². The van der Waals surface area contributed by atoms with E-state index < -0.39 is 11.4 Å². The Hall–Kier alpha value is -2.87. The molecule has 25 heavy (non-hydrogen) atoms. The molecule has 0 aliphatic carbocycles. The Kier molecular flexibility index (Phi) is 4.99. The molecule has 0 bridgehead atoms. The lowest BCUT2D eigenvalue weighted by atomic mass is 9.62. The zero-order chi connectivity index (χ0) is 17.7. The summed E-state index contributed by atoms with van der Waals surface area (Å²) < 4.78 is 0. The highest BCUT2D eigenvalue weighted by molar-refractivity contribution is 5.87. The van der Waals surface area contributed by atoms with E-state index in [1.807, 2.05) is 91.0 Å². The number of hydrogen-bond donors (Lipinski definition) is 1. The molecule has 0 aromatic heterocycles. The Morgan fingerprint density at radius 2 is 1.20 bits per heavy atom. The average Bonchev–Trinajstić information content (AvgIpc) is 2.68. The van der Waals surface area contributed by atoms with E-state index in [-0.39, 0.29) is 5.92 Å². The Labute approximate surface area is 148 Å².